The van der Waals surface area contributed by atoms with Crippen LogP contribution >= 0.6 is 35.2 Å². The van der Waals surface area contributed by atoms with E-state index in [4.69, 9.17) is 24.6 Å². The van der Waals surface area contributed by atoms with Gasteiger partial charge >= 0.3 is 29.4 Å². The van der Waals surface area contributed by atoms with Gasteiger partial charge in [0.1, 0.15) is 36.3 Å². The summed E-state index contributed by atoms with van der Waals surface area (Å²) in [6, 6.07) is 0. The number of nitrogen functional groups attached to an aromatic ring is 1. The first-order chi connectivity index (χ1) is 25.8. The molecule has 316 valence electrons. The van der Waals surface area contributed by atoms with Crippen LogP contribution in [0.25, 0.3) is 11.2 Å². The van der Waals surface area contributed by atoms with Gasteiger partial charge in [0, 0.05) is 36.6 Å². The smallest absolute Gasteiger partial charge is 0.481 e. The van der Waals surface area contributed by atoms with E-state index in [9.17, 15) is 62.7 Å². The molecule has 0 aromatic carbocycles. The zero-order valence-corrected chi connectivity index (χ0v) is 33.2. The number of imidazole rings is 1. The second-order valence-corrected chi connectivity index (χ2v) is 18.1. The van der Waals surface area contributed by atoms with Gasteiger partial charge in [-0.3, -0.25) is 37.3 Å². The maximum atomic E-state index is 12.7. The number of phosphoric acid groups is 3. The van der Waals surface area contributed by atoms with Gasteiger partial charge in [-0.2, -0.15) is 4.31 Å². The highest BCUT2D eigenvalue weighted by atomic mass is 32.2. The van der Waals surface area contributed by atoms with E-state index < -0.39 is 96.4 Å². The summed E-state index contributed by atoms with van der Waals surface area (Å²) in [5.41, 5.74) is 4.20. The summed E-state index contributed by atoms with van der Waals surface area (Å²) < 4.78 is 61.9. The number of rotatable bonds is 22. The second kappa shape index (κ2) is 19.7. The molecular formula is C26H42N7O19P3S. The van der Waals surface area contributed by atoms with E-state index in [2.05, 4.69) is 34.4 Å². The average molecular weight is 882 g/mol. The van der Waals surface area contributed by atoms with Crippen molar-refractivity contribution in [2.24, 2.45) is 11.3 Å². The first-order valence-electron chi connectivity index (χ1n) is 16.1. The molecule has 56 heavy (non-hydrogen) atoms. The van der Waals surface area contributed by atoms with Crippen LogP contribution < -0.4 is 16.4 Å². The molecule has 1 fully saturated rings. The largest absolute Gasteiger partial charge is 0.481 e. The minimum Gasteiger partial charge on any atom is -0.481 e. The molecule has 2 aromatic rings. The van der Waals surface area contributed by atoms with E-state index in [1.54, 1.807) is 0 Å². The highest BCUT2D eigenvalue weighted by molar-refractivity contribution is 8.13. The third-order valence-electron chi connectivity index (χ3n) is 7.63. The van der Waals surface area contributed by atoms with Gasteiger partial charge in [0.25, 0.3) is 0 Å². The standard InChI is InChI=1S/C26H42N7O19P3S/c1-13(8-16(35)36)25(40)56-7-6-28-15(34)4-5-29-23(39)20(38)26(2,3)10-49-55(46,47)52-54(44,45)48-9-14-19(51-53(41,42)43)18(37)24(50-14)33-12-32-17-21(27)30-11-31-22(17)33/h11-14,18-20,24,37-38H,4-10H2,1-3H3,(H,28,34)(H,29,39)(H,35,36)(H,44,45)(H,46,47)(H2,27,30,31)(H2,41,42,43). The van der Waals surface area contributed by atoms with Crippen LogP contribution in [0.5, 0.6) is 0 Å². The fourth-order valence-corrected chi connectivity index (χ4v) is 8.37. The van der Waals surface area contributed by atoms with Crippen molar-refractivity contribution in [2.75, 3.05) is 37.8 Å². The number of nitrogens with one attached hydrogen (secondary N) is 2. The third-order valence-corrected chi connectivity index (χ3v) is 11.8. The Hall–Kier alpha value is -2.97. The maximum absolute atomic E-state index is 12.7. The molecule has 8 atom stereocenters. The van der Waals surface area contributed by atoms with Crippen molar-refractivity contribution in [3.05, 3.63) is 12.7 Å². The van der Waals surface area contributed by atoms with Crippen LogP contribution in [0.15, 0.2) is 12.7 Å². The highest BCUT2D eigenvalue weighted by Gasteiger charge is 2.50. The molecule has 0 bridgehead atoms. The SMILES string of the molecule is CC(CC(=O)O)C(=O)SCCNC(=O)CCNC(=O)C(O)C(C)(C)COP(=O)(O)OP(=O)(O)OCC1OC(n2cnc3c(N)ncnc32)C(O)C1OP(=O)(O)O. The van der Waals surface area contributed by atoms with Crippen molar-refractivity contribution in [3.63, 3.8) is 0 Å². The Kier molecular flexibility index (Phi) is 16.6. The number of nitrogens with two attached hydrogens (primary N) is 1. The number of aromatic nitrogens is 4. The fourth-order valence-electron chi connectivity index (χ4n) is 4.77. The van der Waals surface area contributed by atoms with Gasteiger partial charge < -0.3 is 56.0 Å². The Morgan fingerprint density at radius 2 is 1.71 bits per heavy atom. The van der Waals surface area contributed by atoms with Crippen LogP contribution in [0.3, 0.4) is 0 Å². The summed E-state index contributed by atoms with van der Waals surface area (Å²) in [6.45, 7) is 1.67. The van der Waals surface area contributed by atoms with E-state index in [-0.39, 0.29) is 53.8 Å². The van der Waals surface area contributed by atoms with Crippen LogP contribution in [0, 0.1) is 11.3 Å². The van der Waals surface area contributed by atoms with Gasteiger partial charge in [-0.1, -0.05) is 32.5 Å². The number of amides is 2. The molecule has 2 aromatic heterocycles. The number of carbonyl (C=O) groups is 4. The number of aliphatic hydroxyl groups excluding tert-OH is 2. The summed E-state index contributed by atoms with van der Waals surface area (Å²) in [5.74, 6) is -3.23. The Balaban J connectivity index is 1.49. The van der Waals surface area contributed by atoms with Gasteiger partial charge in [0.2, 0.25) is 11.8 Å². The Morgan fingerprint density at radius 1 is 1.05 bits per heavy atom. The van der Waals surface area contributed by atoms with Gasteiger partial charge in [0.15, 0.2) is 22.8 Å². The molecule has 3 rings (SSSR count). The molecule has 0 spiro atoms. The fraction of sp³-hybridized carbons (Fsp3) is 0.654. The van der Waals surface area contributed by atoms with E-state index >= 15 is 0 Å². The minimum atomic E-state index is -5.59. The van der Waals surface area contributed by atoms with Gasteiger partial charge in [-0.05, 0) is 0 Å². The number of aliphatic hydroxyl groups is 2. The van der Waals surface area contributed by atoms with E-state index in [1.165, 1.54) is 20.8 Å². The Labute approximate surface area is 321 Å². The Morgan fingerprint density at radius 3 is 2.36 bits per heavy atom. The van der Waals surface area contributed by atoms with Crippen molar-refractivity contribution in [3.8, 4) is 0 Å². The number of phosphoric ester groups is 3. The average Bonchev–Trinajstić information content (AvgIpc) is 3.64. The molecule has 0 saturated carbocycles. The molecule has 26 nitrogen and oxygen atoms in total. The van der Waals surface area contributed by atoms with E-state index in [0.717, 1.165) is 29.0 Å². The lowest BCUT2D eigenvalue weighted by Crippen LogP contribution is -2.46. The molecular weight excluding hydrogens is 839 g/mol. The van der Waals surface area contributed by atoms with Crippen LogP contribution in [0.1, 0.15) is 39.8 Å². The third kappa shape index (κ3) is 14.1. The normalized spacial score (nSPS) is 22.2. The number of ether oxygens (including phenoxy) is 1. The lowest BCUT2D eigenvalue weighted by Gasteiger charge is -2.30. The van der Waals surface area contributed by atoms with Crippen LogP contribution in [-0.4, -0.2) is 134 Å². The summed E-state index contributed by atoms with van der Waals surface area (Å²) in [7, 11) is -16.4. The topological polar surface area (TPSA) is 401 Å². The Bertz CT molecular complexity index is 1880. The van der Waals surface area contributed by atoms with Crippen molar-refractivity contribution < 1.29 is 90.4 Å². The van der Waals surface area contributed by atoms with Gasteiger partial charge in [-0.15, -0.1) is 0 Å². The van der Waals surface area contributed by atoms with Crippen molar-refractivity contribution in [2.45, 2.75) is 64.3 Å². The molecule has 0 aliphatic carbocycles. The number of nitrogens with zero attached hydrogens (tertiary/aromatic N) is 4. The van der Waals surface area contributed by atoms with Gasteiger partial charge in [0.05, 0.1) is 26.0 Å². The zero-order valence-electron chi connectivity index (χ0n) is 29.7. The molecule has 30 heteroatoms. The number of hydrogen-bond acceptors (Lipinski definition) is 19. The number of aliphatic carboxylic acids is 1. The van der Waals surface area contributed by atoms with Crippen LogP contribution in [0.4, 0.5) is 5.82 Å². The van der Waals surface area contributed by atoms with Crippen LogP contribution in [-0.2, 0) is 55.5 Å². The number of hydrogen-bond donors (Lipinski definition) is 10. The number of carbonyl (C=O) groups excluding carboxylic acids is 3. The molecule has 1 aliphatic heterocycles. The minimum absolute atomic E-state index is 0.0195. The summed E-state index contributed by atoms with van der Waals surface area (Å²) in [5, 5.41) is 34.6. The summed E-state index contributed by atoms with van der Waals surface area (Å²) in [6.07, 6.45) is -7.42. The lowest BCUT2D eigenvalue weighted by molar-refractivity contribution is -0.139. The van der Waals surface area contributed by atoms with Crippen LogP contribution in [0.2, 0.25) is 0 Å². The summed E-state index contributed by atoms with van der Waals surface area (Å²) in [4.78, 5) is 98.0. The molecule has 1 aliphatic rings. The number of carboxylic acid groups (broad SMARTS) is 1. The molecule has 8 unspecified atom stereocenters. The molecule has 2 amide bonds. The molecule has 0 radical (unpaired) electrons. The van der Waals surface area contributed by atoms with Crippen molar-refractivity contribution in [1.29, 1.82) is 0 Å². The lowest BCUT2D eigenvalue weighted by atomic mass is 9.87. The molecule has 3 heterocycles. The number of thioether (sulfide) groups is 1. The first-order valence-corrected chi connectivity index (χ1v) is 21.6. The number of carboxylic acids is 1. The van der Waals surface area contributed by atoms with E-state index in [1.807, 2.05) is 0 Å². The van der Waals surface area contributed by atoms with E-state index in [0.29, 0.717) is 0 Å². The molecule has 1 saturated heterocycles. The highest BCUT2D eigenvalue weighted by Crippen LogP contribution is 2.61. The number of anilines is 1. The second-order valence-electron chi connectivity index (χ2n) is 12.7. The van der Waals surface area contributed by atoms with Crippen molar-refractivity contribution >= 4 is 75.1 Å². The number of fused-ring (bicyclic) bond motifs is 1. The van der Waals surface area contributed by atoms with Gasteiger partial charge in [-0.25, -0.2) is 28.6 Å². The quantitative estimate of drug-likeness (QED) is 0.0489. The molecule has 11 N–H and O–H groups in total. The first kappa shape index (κ1) is 47.4. The maximum Gasteiger partial charge on any atom is 0.481 e. The summed E-state index contributed by atoms with van der Waals surface area (Å²) >= 11 is 0.857. The zero-order chi connectivity index (χ0) is 42.2. The monoisotopic (exact) mass is 881 g/mol. The predicted octanol–water partition coefficient (Wildman–Crippen LogP) is -1.22. The predicted molar refractivity (Wildman–Crippen MR) is 189 cm³/mol. The van der Waals surface area contributed by atoms with Crippen molar-refractivity contribution in [1.82, 2.24) is 30.2 Å².